The summed E-state index contributed by atoms with van der Waals surface area (Å²) in [5.41, 5.74) is 3.80. The van der Waals surface area contributed by atoms with Crippen LogP contribution in [0.3, 0.4) is 0 Å². The molecule has 0 amide bonds. The Labute approximate surface area is 88.2 Å². The van der Waals surface area contributed by atoms with E-state index >= 15 is 0 Å². The molecule has 14 heavy (non-hydrogen) atoms. The monoisotopic (exact) mass is 207 g/mol. The second-order valence-electron chi connectivity index (χ2n) is 3.03. The molecule has 0 spiro atoms. The smallest absolute Gasteiger partial charge is 0.0767 e. The zero-order valence-electron chi connectivity index (χ0n) is 8.24. The third kappa shape index (κ3) is 3.38. The van der Waals surface area contributed by atoms with Gasteiger partial charge in [0.05, 0.1) is 11.1 Å². The number of hydrogen-bond acceptors (Lipinski definition) is 3. The van der Waals surface area contributed by atoms with E-state index in [1.807, 2.05) is 18.2 Å². The van der Waals surface area contributed by atoms with Crippen molar-refractivity contribution < 1.29 is 5.11 Å². The van der Waals surface area contributed by atoms with Gasteiger partial charge >= 0.3 is 0 Å². The van der Waals surface area contributed by atoms with Gasteiger partial charge in [-0.25, -0.2) is 0 Å². The van der Waals surface area contributed by atoms with Crippen LogP contribution in [0.5, 0.6) is 0 Å². The zero-order chi connectivity index (χ0) is 10.6. The van der Waals surface area contributed by atoms with Crippen molar-refractivity contribution in [1.82, 2.24) is 0 Å². The second-order valence-corrected chi connectivity index (χ2v) is 4.31. The van der Waals surface area contributed by atoms with Crippen LogP contribution in [-0.4, -0.2) is 16.3 Å². The average Bonchev–Trinajstić information content (AvgIpc) is 2.28. The van der Waals surface area contributed by atoms with Gasteiger partial charge < -0.3 is 5.11 Å². The van der Waals surface area contributed by atoms with Crippen LogP contribution in [0.2, 0.25) is 0 Å². The van der Waals surface area contributed by atoms with Crippen LogP contribution in [0.1, 0.15) is 13.8 Å². The number of aliphatic hydroxyl groups excluding tert-OH is 1. The van der Waals surface area contributed by atoms with Crippen molar-refractivity contribution in [2.45, 2.75) is 20.0 Å². The Morgan fingerprint density at radius 2 is 2.21 bits per heavy atom. The third-order valence-electron chi connectivity index (χ3n) is 1.67. The molecule has 0 aromatic carbocycles. The first-order valence-corrected chi connectivity index (χ1v) is 5.16. The van der Waals surface area contributed by atoms with Crippen LogP contribution in [0.25, 0.3) is 0 Å². The molecule has 0 radical (unpaired) electrons. The molecule has 0 fully saturated rings. The van der Waals surface area contributed by atoms with Gasteiger partial charge in [-0.3, -0.25) is 5.41 Å². The lowest BCUT2D eigenvalue weighted by molar-refractivity contribution is 0.235. The number of aliphatic hydroxyl groups is 1. The maximum absolute atomic E-state index is 9.34. The topological polar surface area (TPSA) is 44.1 Å². The van der Waals surface area contributed by atoms with Crippen molar-refractivity contribution in [2.24, 2.45) is 0 Å². The fourth-order valence-corrected chi connectivity index (χ4v) is 1.61. The Balaban J connectivity index is 2.85. The lowest BCUT2D eigenvalue weighted by Gasteiger charge is -2.01. The van der Waals surface area contributed by atoms with Gasteiger partial charge in [-0.2, -0.15) is 0 Å². The molecule has 1 atom stereocenters. The maximum Gasteiger partial charge on any atom is 0.0767 e. The predicted octanol–water partition coefficient (Wildman–Crippen LogP) is 2.63. The number of thioether (sulfide) groups is 1. The van der Waals surface area contributed by atoms with Crippen LogP contribution in [0, 0.1) is 5.41 Å². The molecule has 3 heteroatoms. The highest BCUT2D eigenvalue weighted by Gasteiger charge is 2.02. The van der Waals surface area contributed by atoms with Gasteiger partial charge in [0.15, 0.2) is 0 Å². The Bertz CT molecular complexity index is 357. The first-order valence-electron chi connectivity index (χ1n) is 4.35. The molecule has 0 saturated heterocycles. The fraction of sp³-hybridized carbons (Fsp3) is 0.273. The van der Waals surface area contributed by atoms with Gasteiger partial charge in [-0.05, 0) is 37.6 Å². The summed E-state index contributed by atoms with van der Waals surface area (Å²) in [6, 6.07) is 0. The van der Waals surface area contributed by atoms with Crippen LogP contribution in [0.15, 0.2) is 40.5 Å². The third-order valence-corrected chi connectivity index (χ3v) is 2.46. The van der Waals surface area contributed by atoms with E-state index in [4.69, 9.17) is 5.41 Å². The van der Waals surface area contributed by atoms with E-state index in [2.05, 4.69) is 5.73 Å². The van der Waals surface area contributed by atoms with E-state index in [0.717, 1.165) is 10.5 Å². The molecule has 0 saturated carbocycles. The van der Waals surface area contributed by atoms with Crippen molar-refractivity contribution >= 4 is 16.8 Å². The minimum Gasteiger partial charge on any atom is -0.389 e. The Kier molecular flexibility index (Phi) is 3.96. The SMILES string of the molecule is CC(=N)SC1=CC=C(C(C)O)C=C=C1. The van der Waals surface area contributed by atoms with Crippen LogP contribution >= 0.6 is 11.8 Å². The number of hydrogen-bond donors (Lipinski definition) is 2. The molecule has 0 heterocycles. The van der Waals surface area contributed by atoms with E-state index in [1.165, 1.54) is 11.8 Å². The quantitative estimate of drug-likeness (QED) is 0.415. The van der Waals surface area contributed by atoms with Crippen molar-refractivity contribution in [3.63, 3.8) is 0 Å². The standard InChI is InChI=1S/C11H13NOS/c1-8(13)10-4-3-5-11(7-6-10)14-9(2)12/h4-8,12-13H,1-2H3. The summed E-state index contributed by atoms with van der Waals surface area (Å²) in [5.74, 6) is 0. The summed E-state index contributed by atoms with van der Waals surface area (Å²) in [6.45, 7) is 3.46. The highest BCUT2D eigenvalue weighted by Crippen LogP contribution is 2.20. The average molecular weight is 207 g/mol. The summed E-state index contributed by atoms with van der Waals surface area (Å²) in [6.07, 6.45) is 6.84. The highest BCUT2D eigenvalue weighted by atomic mass is 32.2. The van der Waals surface area contributed by atoms with Gasteiger partial charge in [0.1, 0.15) is 0 Å². The summed E-state index contributed by atoms with van der Waals surface area (Å²) >= 11 is 1.38. The van der Waals surface area contributed by atoms with E-state index in [0.29, 0.717) is 5.04 Å². The molecular weight excluding hydrogens is 194 g/mol. The molecule has 2 nitrogen and oxygen atoms in total. The molecule has 1 rings (SSSR count). The number of allylic oxidation sites excluding steroid dienone is 3. The summed E-state index contributed by atoms with van der Waals surface area (Å²) in [5, 5.41) is 17.2. The molecule has 1 aliphatic carbocycles. The molecule has 0 aliphatic heterocycles. The number of nitrogens with one attached hydrogen (secondary N) is 1. The first kappa shape index (κ1) is 11.1. The largest absolute Gasteiger partial charge is 0.389 e. The predicted molar refractivity (Wildman–Crippen MR) is 61.5 cm³/mol. The van der Waals surface area contributed by atoms with Crippen LogP contribution < -0.4 is 0 Å². The summed E-state index contributed by atoms with van der Waals surface area (Å²) in [4.78, 5) is 0.962. The molecule has 0 bridgehead atoms. The fourth-order valence-electron chi connectivity index (χ4n) is 0.995. The molecule has 1 unspecified atom stereocenters. The molecule has 0 aromatic rings. The van der Waals surface area contributed by atoms with Crippen LogP contribution in [-0.2, 0) is 0 Å². The molecule has 2 N–H and O–H groups in total. The summed E-state index contributed by atoms with van der Waals surface area (Å²) < 4.78 is 0. The van der Waals surface area contributed by atoms with Gasteiger partial charge in [0, 0.05) is 4.91 Å². The van der Waals surface area contributed by atoms with E-state index in [-0.39, 0.29) is 0 Å². The first-order chi connectivity index (χ1) is 6.59. The number of rotatable bonds is 2. The molecule has 74 valence electrons. The van der Waals surface area contributed by atoms with Gasteiger partial charge in [-0.1, -0.05) is 17.8 Å². The lowest BCUT2D eigenvalue weighted by atomic mass is 10.1. The van der Waals surface area contributed by atoms with Crippen molar-refractivity contribution in [3.8, 4) is 0 Å². The van der Waals surface area contributed by atoms with Crippen molar-refractivity contribution in [3.05, 3.63) is 40.5 Å². The zero-order valence-corrected chi connectivity index (χ0v) is 9.06. The van der Waals surface area contributed by atoms with E-state index < -0.39 is 6.10 Å². The van der Waals surface area contributed by atoms with Gasteiger partial charge in [-0.15, -0.1) is 5.73 Å². The second kappa shape index (κ2) is 5.01. The van der Waals surface area contributed by atoms with E-state index in [1.54, 1.807) is 19.9 Å². The lowest BCUT2D eigenvalue weighted by Crippen LogP contribution is -2.00. The molecular formula is C11H13NOS. The summed E-state index contributed by atoms with van der Waals surface area (Å²) in [7, 11) is 0. The van der Waals surface area contributed by atoms with Gasteiger partial charge in [0.2, 0.25) is 0 Å². The maximum atomic E-state index is 9.34. The van der Waals surface area contributed by atoms with Crippen LogP contribution in [0.4, 0.5) is 0 Å². The Morgan fingerprint density at radius 3 is 2.79 bits per heavy atom. The Morgan fingerprint density at radius 1 is 1.50 bits per heavy atom. The normalized spacial score (nSPS) is 17.1. The highest BCUT2D eigenvalue weighted by molar-refractivity contribution is 8.17. The molecule has 1 aliphatic rings. The minimum absolute atomic E-state index is 0.474. The van der Waals surface area contributed by atoms with E-state index in [9.17, 15) is 5.11 Å². The molecule has 0 aromatic heterocycles. The minimum atomic E-state index is -0.474. The Hall–Kier alpha value is -1.02. The van der Waals surface area contributed by atoms with Crippen molar-refractivity contribution in [2.75, 3.05) is 0 Å². The van der Waals surface area contributed by atoms with Crippen molar-refractivity contribution in [1.29, 1.82) is 5.41 Å². The van der Waals surface area contributed by atoms with Gasteiger partial charge in [0.25, 0.3) is 0 Å².